The van der Waals surface area contributed by atoms with Crippen molar-refractivity contribution in [1.82, 2.24) is 4.90 Å². The summed E-state index contributed by atoms with van der Waals surface area (Å²) in [5.41, 5.74) is 0.324. The quantitative estimate of drug-likeness (QED) is 0.438. The first-order valence-electron chi connectivity index (χ1n) is 11.0. The number of ether oxygens (including phenoxy) is 1. The van der Waals surface area contributed by atoms with Crippen LogP contribution in [-0.4, -0.2) is 35.8 Å². The number of carbonyl (C=O) groups is 3. The normalized spacial score (nSPS) is 14.1. The number of anilines is 1. The van der Waals surface area contributed by atoms with Crippen LogP contribution in [0, 0.1) is 17.6 Å². The Bertz CT molecular complexity index is 1360. The number of piperidine rings is 1. The molecule has 0 radical (unpaired) electrons. The highest BCUT2D eigenvalue weighted by Gasteiger charge is 2.30. The average Bonchev–Trinajstić information content (AvgIpc) is 2.81. The Kier molecular flexibility index (Phi) is 6.90. The molecule has 1 aliphatic rings. The summed E-state index contributed by atoms with van der Waals surface area (Å²) in [7, 11) is 0. The number of benzene rings is 2. The number of fused-ring (bicyclic) bond motifs is 1. The number of esters is 1. The van der Waals surface area contributed by atoms with Crippen molar-refractivity contribution >= 4 is 34.4 Å². The Morgan fingerprint density at radius 3 is 2.51 bits per heavy atom. The minimum Gasteiger partial charge on any atom is -0.461 e. The van der Waals surface area contributed by atoms with Crippen molar-refractivity contribution in [3.63, 3.8) is 0 Å². The van der Waals surface area contributed by atoms with Gasteiger partial charge in [-0.05, 0) is 37.1 Å². The van der Waals surface area contributed by atoms with Gasteiger partial charge in [-0.3, -0.25) is 14.4 Å². The summed E-state index contributed by atoms with van der Waals surface area (Å²) in [4.78, 5) is 49.8. The van der Waals surface area contributed by atoms with Gasteiger partial charge in [0, 0.05) is 54.8 Å². The van der Waals surface area contributed by atoms with Gasteiger partial charge in [0.15, 0.2) is 0 Å². The van der Waals surface area contributed by atoms with E-state index in [0.29, 0.717) is 35.5 Å². The monoisotopic (exact) mass is 484 g/mol. The fraction of sp³-hybridized carbons (Fsp3) is 0.280. The van der Waals surface area contributed by atoms with Crippen LogP contribution in [0.3, 0.4) is 0 Å². The maximum atomic E-state index is 13.9. The van der Waals surface area contributed by atoms with Crippen molar-refractivity contribution < 1.29 is 32.3 Å². The molecule has 0 bridgehead atoms. The Morgan fingerprint density at radius 2 is 1.83 bits per heavy atom. The molecule has 2 heterocycles. The van der Waals surface area contributed by atoms with Gasteiger partial charge in [0.25, 0.3) is 5.91 Å². The number of carbonyl (C=O) groups excluding carboxylic acids is 3. The molecule has 1 aliphatic heterocycles. The third-order valence-electron chi connectivity index (χ3n) is 5.80. The average molecular weight is 484 g/mol. The van der Waals surface area contributed by atoms with E-state index in [1.165, 1.54) is 24.0 Å². The molecule has 1 N–H and O–H groups in total. The van der Waals surface area contributed by atoms with Crippen molar-refractivity contribution in [2.24, 2.45) is 5.92 Å². The number of hydrogen-bond donors (Lipinski definition) is 1. The minimum absolute atomic E-state index is 0.152. The van der Waals surface area contributed by atoms with Gasteiger partial charge in [-0.2, -0.15) is 0 Å². The van der Waals surface area contributed by atoms with Gasteiger partial charge >= 0.3 is 11.6 Å². The summed E-state index contributed by atoms with van der Waals surface area (Å²) < 4.78 is 37.7. The second-order valence-electron chi connectivity index (χ2n) is 8.28. The van der Waals surface area contributed by atoms with E-state index in [9.17, 15) is 28.0 Å². The lowest BCUT2D eigenvalue weighted by atomic mass is 9.96. The lowest BCUT2D eigenvalue weighted by molar-refractivity contribution is -0.151. The minimum atomic E-state index is -0.930. The van der Waals surface area contributed by atoms with Gasteiger partial charge in [0.05, 0.1) is 11.5 Å². The maximum absolute atomic E-state index is 13.9. The van der Waals surface area contributed by atoms with Gasteiger partial charge in [0.1, 0.15) is 23.8 Å². The Morgan fingerprint density at radius 1 is 1.09 bits per heavy atom. The number of amides is 2. The van der Waals surface area contributed by atoms with Gasteiger partial charge in [-0.15, -0.1) is 0 Å². The molecule has 10 heteroatoms. The lowest BCUT2D eigenvalue weighted by Gasteiger charge is -2.31. The highest BCUT2D eigenvalue weighted by Crippen LogP contribution is 2.25. The summed E-state index contributed by atoms with van der Waals surface area (Å²) in [6, 6.07) is 8.84. The fourth-order valence-corrected chi connectivity index (χ4v) is 4.05. The molecule has 0 spiro atoms. The van der Waals surface area contributed by atoms with Gasteiger partial charge in [-0.25, -0.2) is 13.6 Å². The van der Waals surface area contributed by atoms with Crippen molar-refractivity contribution in [2.45, 2.75) is 26.4 Å². The van der Waals surface area contributed by atoms with E-state index in [1.807, 2.05) is 0 Å². The number of halogens is 2. The molecule has 2 aromatic carbocycles. The predicted octanol–water partition coefficient (Wildman–Crippen LogP) is 3.63. The highest BCUT2D eigenvalue weighted by molar-refractivity contribution is 5.95. The standard InChI is InChI=1S/C25H22F2N2O6/c1-14(30)28-18-3-5-19-16(10-23(31)35-22(19)12-18)13-34-25(33)15-6-8-29(9-7-15)24(32)20-4-2-17(26)11-21(20)27/h2-5,10-12,15H,6-9,13H2,1H3,(H,28,30). The number of nitrogens with one attached hydrogen (secondary N) is 1. The second kappa shape index (κ2) is 10.0. The molecular formula is C25H22F2N2O6. The van der Waals surface area contributed by atoms with Crippen LogP contribution in [0.1, 0.15) is 35.7 Å². The van der Waals surface area contributed by atoms with Crippen LogP contribution >= 0.6 is 0 Å². The molecule has 1 aromatic heterocycles. The summed E-state index contributed by atoms with van der Waals surface area (Å²) in [5, 5.41) is 3.17. The first kappa shape index (κ1) is 24.1. The highest BCUT2D eigenvalue weighted by atomic mass is 19.1. The van der Waals surface area contributed by atoms with Crippen LogP contribution in [0.25, 0.3) is 11.0 Å². The van der Waals surface area contributed by atoms with E-state index in [1.54, 1.807) is 12.1 Å². The second-order valence-corrected chi connectivity index (χ2v) is 8.28. The molecule has 0 aliphatic carbocycles. The third-order valence-corrected chi connectivity index (χ3v) is 5.80. The zero-order valence-corrected chi connectivity index (χ0v) is 18.8. The molecule has 2 amide bonds. The van der Waals surface area contributed by atoms with E-state index < -0.39 is 35.1 Å². The predicted molar refractivity (Wildman–Crippen MR) is 122 cm³/mol. The number of hydrogen-bond acceptors (Lipinski definition) is 6. The summed E-state index contributed by atoms with van der Waals surface area (Å²) >= 11 is 0. The SMILES string of the molecule is CC(=O)Nc1ccc2c(COC(=O)C3CCN(C(=O)c4ccc(F)cc4F)CC3)cc(=O)oc2c1. The summed E-state index contributed by atoms with van der Waals surface area (Å²) in [6.07, 6.45) is 0.649. The van der Waals surface area contributed by atoms with Crippen molar-refractivity contribution in [2.75, 3.05) is 18.4 Å². The van der Waals surface area contributed by atoms with E-state index in [-0.39, 0.29) is 36.8 Å². The van der Waals surface area contributed by atoms with E-state index in [2.05, 4.69) is 5.32 Å². The van der Waals surface area contributed by atoms with Crippen molar-refractivity contribution in [3.05, 3.63) is 75.6 Å². The zero-order chi connectivity index (χ0) is 25.1. The Balaban J connectivity index is 1.37. The van der Waals surface area contributed by atoms with Gasteiger partial charge in [0.2, 0.25) is 5.91 Å². The molecular weight excluding hydrogens is 462 g/mol. The van der Waals surface area contributed by atoms with Gasteiger partial charge < -0.3 is 19.4 Å². The molecule has 182 valence electrons. The molecule has 8 nitrogen and oxygen atoms in total. The van der Waals surface area contributed by atoms with Crippen molar-refractivity contribution in [3.8, 4) is 0 Å². The van der Waals surface area contributed by atoms with E-state index in [0.717, 1.165) is 12.1 Å². The Hall–Kier alpha value is -4.08. The first-order valence-corrected chi connectivity index (χ1v) is 11.0. The van der Waals surface area contributed by atoms with E-state index in [4.69, 9.17) is 9.15 Å². The number of nitrogens with zero attached hydrogens (tertiary/aromatic N) is 1. The molecule has 0 saturated carbocycles. The zero-order valence-electron chi connectivity index (χ0n) is 18.8. The number of likely N-dealkylation sites (tertiary alicyclic amines) is 1. The Labute approximate surface area is 198 Å². The van der Waals surface area contributed by atoms with Crippen LogP contribution < -0.4 is 10.9 Å². The van der Waals surface area contributed by atoms with Crippen LogP contribution in [0.15, 0.2) is 51.7 Å². The first-order chi connectivity index (χ1) is 16.7. The molecule has 3 aromatic rings. The third kappa shape index (κ3) is 5.53. The van der Waals surface area contributed by atoms with Gasteiger partial charge in [-0.1, -0.05) is 0 Å². The topological polar surface area (TPSA) is 106 Å². The molecule has 0 unspecified atom stereocenters. The largest absolute Gasteiger partial charge is 0.461 e. The molecule has 35 heavy (non-hydrogen) atoms. The van der Waals surface area contributed by atoms with E-state index >= 15 is 0 Å². The maximum Gasteiger partial charge on any atom is 0.336 e. The fourth-order valence-electron chi connectivity index (χ4n) is 4.05. The molecule has 1 saturated heterocycles. The van der Waals surface area contributed by atoms with Crippen molar-refractivity contribution in [1.29, 1.82) is 0 Å². The number of rotatable bonds is 5. The summed E-state index contributed by atoms with van der Waals surface area (Å²) in [6.45, 7) is 1.65. The summed E-state index contributed by atoms with van der Waals surface area (Å²) in [5.74, 6) is -3.46. The lowest BCUT2D eigenvalue weighted by Crippen LogP contribution is -2.41. The van der Waals surface area contributed by atoms with Crippen LogP contribution in [0.5, 0.6) is 0 Å². The smallest absolute Gasteiger partial charge is 0.336 e. The molecule has 4 rings (SSSR count). The molecule has 0 atom stereocenters. The van der Waals surface area contributed by atoms with Crippen LogP contribution in [0.2, 0.25) is 0 Å². The molecule has 1 fully saturated rings. The van der Waals surface area contributed by atoms with Crippen LogP contribution in [0.4, 0.5) is 14.5 Å². The van der Waals surface area contributed by atoms with Crippen LogP contribution in [-0.2, 0) is 20.9 Å².